The molecule has 0 saturated heterocycles. The fourth-order valence-corrected chi connectivity index (χ4v) is 2.17. The summed E-state index contributed by atoms with van der Waals surface area (Å²) in [5.41, 5.74) is 7.76. The number of nitrogen functional groups attached to an aromatic ring is 1. The van der Waals surface area contributed by atoms with Crippen molar-refractivity contribution in [3.8, 4) is 0 Å². The third-order valence-corrected chi connectivity index (χ3v) is 3.29. The molecule has 0 radical (unpaired) electrons. The normalized spacial score (nSPS) is 10.4. The molecule has 0 aliphatic carbocycles. The van der Waals surface area contributed by atoms with E-state index in [1.54, 1.807) is 11.9 Å². The van der Waals surface area contributed by atoms with Crippen LogP contribution in [0, 0.1) is 0 Å². The van der Waals surface area contributed by atoms with E-state index in [-0.39, 0.29) is 0 Å². The van der Waals surface area contributed by atoms with Crippen molar-refractivity contribution in [3.05, 3.63) is 60.2 Å². The van der Waals surface area contributed by atoms with Crippen LogP contribution in [0.1, 0.15) is 5.56 Å². The lowest BCUT2D eigenvalue weighted by atomic mass is 10.1. The predicted molar refractivity (Wildman–Crippen MR) is 74.9 cm³/mol. The van der Waals surface area contributed by atoms with Crippen molar-refractivity contribution in [2.45, 2.75) is 11.3 Å². The maximum atomic E-state index is 5.64. The first kappa shape index (κ1) is 12.0. The van der Waals surface area contributed by atoms with E-state index in [2.05, 4.69) is 29.0 Å². The molecule has 2 rings (SSSR count). The van der Waals surface area contributed by atoms with Crippen LogP contribution < -0.4 is 10.5 Å². The Kier molecular flexibility index (Phi) is 4.47. The monoisotopic (exact) mass is 244 g/mol. The van der Waals surface area contributed by atoms with E-state index < -0.39 is 0 Å². The minimum absolute atomic E-state index is 0.820. The summed E-state index contributed by atoms with van der Waals surface area (Å²) in [4.78, 5) is 1.24. The molecule has 17 heavy (non-hydrogen) atoms. The molecule has 0 aliphatic heterocycles. The SMILES string of the molecule is Nc1ccc(CCNSc2ccccc2)cc1. The smallest absolute Gasteiger partial charge is 0.0314 e. The summed E-state index contributed by atoms with van der Waals surface area (Å²) in [5.74, 6) is 0. The maximum absolute atomic E-state index is 5.64. The number of nitrogens with one attached hydrogen (secondary N) is 1. The van der Waals surface area contributed by atoms with Gasteiger partial charge in [0.25, 0.3) is 0 Å². The average molecular weight is 244 g/mol. The quantitative estimate of drug-likeness (QED) is 0.482. The summed E-state index contributed by atoms with van der Waals surface area (Å²) in [5, 5.41) is 0. The average Bonchev–Trinajstić information content (AvgIpc) is 2.38. The first-order valence-corrected chi connectivity index (χ1v) is 6.45. The van der Waals surface area contributed by atoms with Gasteiger partial charge in [0, 0.05) is 17.1 Å². The van der Waals surface area contributed by atoms with Crippen molar-refractivity contribution in [1.29, 1.82) is 0 Å². The molecular formula is C14H16N2S. The molecule has 88 valence electrons. The topological polar surface area (TPSA) is 38.0 Å². The van der Waals surface area contributed by atoms with Gasteiger partial charge in [-0.1, -0.05) is 30.3 Å². The fraction of sp³-hybridized carbons (Fsp3) is 0.143. The van der Waals surface area contributed by atoms with E-state index in [0.29, 0.717) is 0 Å². The second kappa shape index (κ2) is 6.33. The molecule has 2 aromatic carbocycles. The largest absolute Gasteiger partial charge is 0.399 e. The van der Waals surface area contributed by atoms with E-state index in [1.807, 2.05) is 30.3 Å². The highest BCUT2D eigenvalue weighted by Gasteiger charge is 1.94. The molecule has 0 heterocycles. The van der Waals surface area contributed by atoms with E-state index in [4.69, 9.17) is 5.73 Å². The second-order valence-corrected chi connectivity index (χ2v) is 4.77. The number of anilines is 1. The van der Waals surface area contributed by atoms with Crippen molar-refractivity contribution < 1.29 is 0 Å². The van der Waals surface area contributed by atoms with Crippen LogP contribution in [0.25, 0.3) is 0 Å². The first-order valence-electron chi connectivity index (χ1n) is 5.64. The standard InChI is InChI=1S/C14H16N2S/c15-13-8-6-12(7-9-13)10-11-16-17-14-4-2-1-3-5-14/h1-9,16H,10-11,15H2. The van der Waals surface area contributed by atoms with Gasteiger partial charge in [-0.05, 0) is 48.2 Å². The molecule has 0 atom stereocenters. The summed E-state index contributed by atoms with van der Waals surface area (Å²) in [6, 6.07) is 18.3. The van der Waals surface area contributed by atoms with Crippen molar-refractivity contribution in [3.63, 3.8) is 0 Å². The van der Waals surface area contributed by atoms with Crippen LogP contribution in [0.15, 0.2) is 59.5 Å². The Labute approximate surface area is 106 Å². The van der Waals surface area contributed by atoms with E-state index in [1.165, 1.54) is 10.5 Å². The number of nitrogens with two attached hydrogens (primary N) is 1. The summed E-state index contributed by atoms with van der Waals surface area (Å²) in [7, 11) is 0. The van der Waals surface area contributed by atoms with Gasteiger partial charge in [-0.2, -0.15) is 0 Å². The molecule has 0 aromatic heterocycles. The highest BCUT2D eigenvalue weighted by molar-refractivity contribution is 7.97. The zero-order valence-corrected chi connectivity index (χ0v) is 10.4. The molecule has 2 nitrogen and oxygen atoms in total. The molecule has 3 N–H and O–H groups in total. The van der Waals surface area contributed by atoms with Crippen molar-refractivity contribution in [1.82, 2.24) is 4.72 Å². The lowest BCUT2D eigenvalue weighted by Crippen LogP contribution is -2.08. The molecule has 0 fully saturated rings. The lowest BCUT2D eigenvalue weighted by molar-refractivity contribution is 0.908. The predicted octanol–water partition coefficient (Wildman–Crippen LogP) is 3.11. The van der Waals surface area contributed by atoms with Gasteiger partial charge in [-0.15, -0.1) is 0 Å². The van der Waals surface area contributed by atoms with Gasteiger partial charge in [-0.3, -0.25) is 4.72 Å². The van der Waals surface area contributed by atoms with Gasteiger partial charge < -0.3 is 5.73 Å². The highest BCUT2D eigenvalue weighted by atomic mass is 32.2. The van der Waals surface area contributed by atoms with E-state index in [0.717, 1.165) is 18.7 Å². The Bertz CT molecular complexity index is 440. The summed E-state index contributed by atoms with van der Waals surface area (Å²) >= 11 is 1.67. The molecule has 0 unspecified atom stereocenters. The number of rotatable bonds is 5. The zero-order chi connectivity index (χ0) is 11.9. The van der Waals surface area contributed by atoms with Gasteiger partial charge in [0.05, 0.1) is 0 Å². The molecule has 0 bridgehead atoms. The third-order valence-electron chi connectivity index (χ3n) is 2.43. The minimum Gasteiger partial charge on any atom is -0.399 e. The first-order chi connectivity index (χ1) is 8.34. The fourth-order valence-electron chi connectivity index (χ4n) is 1.50. The summed E-state index contributed by atoms with van der Waals surface area (Å²) < 4.78 is 3.35. The Morgan fingerprint density at radius 2 is 1.65 bits per heavy atom. The Morgan fingerprint density at radius 1 is 0.941 bits per heavy atom. The van der Waals surface area contributed by atoms with Crippen molar-refractivity contribution in [2.75, 3.05) is 12.3 Å². The molecule has 3 heteroatoms. The minimum atomic E-state index is 0.820. The number of hydrogen-bond acceptors (Lipinski definition) is 3. The second-order valence-electron chi connectivity index (χ2n) is 3.80. The summed E-state index contributed by atoms with van der Waals surface area (Å²) in [6.07, 6.45) is 1.01. The van der Waals surface area contributed by atoms with E-state index in [9.17, 15) is 0 Å². The number of benzene rings is 2. The van der Waals surface area contributed by atoms with Crippen LogP contribution in [0.2, 0.25) is 0 Å². The lowest BCUT2D eigenvalue weighted by Gasteiger charge is -2.04. The van der Waals surface area contributed by atoms with Gasteiger partial charge in [0.2, 0.25) is 0 Å². The van der Waals surface area contributed by atoms with Crippen molar-refractivity contribution >= 4 is 17.6 Å². The van der Waals surface area contributed by atoms with Crippen molar-refractivity contribution in [2.24, 2.45) is 0 Å². The maximum Gasteiger partial charge on any atom is 0.0314 e. The van der Waals surface area contributed by atoms with E-state index >= 15 is 0 Å². The molecule has 2 aromatic rings. The Balaban J connectivity index is 1.71. The molecule has 0 aliphatic rings. The molecule has 0 amide bonds. The van der Waals surface area contributed by atoms with Crippen LogP contribution in [0.5, 0.6) is 0 Å². The van der Waals surface area contributed by atoms with Gasteiger partial charge >= 0.3 is 0 Å². The van der Waals surface area contributed by atoms with Gasteiger partial charge in [-0.25, -0.2) is 0 Å². The third kappa shape index (κ3) is 4.13. The van der Waals surface area contributed by atoms with Crippen LogP contribution in [0.3, 0.4) is 0 Å². The number of hydrogen-bond donors (Lipinski definition) is 2. The van der Waals surface area contributed by atoms with Crippen LogP contribution >= 0.6 is 11.9 Å². The molecular weight excluding hydrogens is 228 g/mol. The molecule has 0 spiro atoms. The Morgan fingerprint density at radius 3 is 2.35 bits per heavy atom. The Hall–Kier alpha value is -1.45. The highest BCUT2D eigenvalue weighted by Crippen LogP contribution is 2.13. The zero-order valence-electron chi connectivity index (χ0n) is 9.60. The van der Waals surface area contributed by atoms with Gasteiger partial charge in [0.15, 0.2) is 0 Å². The van der Waals surface area contributed by atoms with Gasteiger partial charge in [0.1, 0.15) is 0 Å². The van der Waals surface area contributed by atoms with Crippen LogP contribution in [-0.4, -0.2) is 6.54 Å². The van der Waals surface area contributed by atoms with Crippen LogP contribution in [0.4, 0.5) is 5.69 Å². The van der Waals surface area contributed by atoms with Crippen LogP contribution in [-0.2, 0) is 6.42 Å². The molecule has 0 saturated carbocycles. The summed E-state index contributed by atoms with van der Waals surface area (Å²) in [6.45, 7) is 0.948.